The van der Waals surface area contributed by atoms with E-state index in [-0.39, 0.29) is 23.5 Å². The number of fused-ring (bicyclic) bond motifs is 2. The first kappa shape index (κ1) is 21.9. The summed E-state index contributed by atoms with van der Waals surface area (Å²) >= 11 is 12.2. The summed E-state index contributed by atoms with van der Waals surface area (Å²) in [6, 6.07) is 10.0. The number of rotatable bonds is 2. The molecule has 3 heterocycles. The SMILES string of the molecule is O=C(Oc1ccc(Cl)cc1-c1nc2ccc(Cl)cc2c(=O)[nH]1)N1CCC[C@@H]2CSSC[C@H]21. The number of H-pyrrole nitrogens is 1. The van der Waals surface area contributed by atoms with E-state index >= 15 is 0 Å². The molecule has 6 nitrogen and oxygen atoms in total. The Kier molecular flexibility index (Phi) is 6.29. The summed E-state index contributed by atoms with van der Waals surface area (Å²) in [6.45, 7) is 0.681. The second-order valence-electron chi connectivity index (χ2n) is 7.82. The molecule has 5 rings (SSSR count). The summed E-state index contributed by atoms with van der Waals surface area (Å²) < 4.78 is 5.84. The number of carbonyl (C=O) groups excluding carboxylic acids is 1. The lowest BCUT2D eigenvalue weighted by Gasteiger charge is -2.42. The average Bonchev–Trinajstić information content (AvgIpc) is 2.80. The maximum Gasteiger partial charge on any atom is 0.415 e. The zero-order valence-electron chi connectivity index (χ0n) is 16.8. The largest absolute Gasteiger partial charge is 0.415 e. The Morgan fingerprint density at radius 2 is 1.91 bits per heavy atom. The molecule has 1 N–H and O–H groups in total. The van der Waals surface area contributed by atoms with Crippen LogP contribution < -0.4 is 10.3 Å². The number of benzene rings is 2. The molecule has 166 valence electrons. The van der Waals surface area contributed by atoms with Crippen LogP contribution in [0.4, 0.5) is 4.79 Å². The van der Waals surface area contributed by atoms with Crippen molar-refractivity contribution in [2.24, 2.45) is 5.92 Å². The number of likely N-dealkylation sites (tertiary alicyclic amines) is 1. The van der Waals surface area contributed by atoms with Crippen molar-refractivity contribution < 1.29 is 9.53 Å². The standard InChI is InChI=1S/C22H19Cl2N3O3S2/c23-13-3-5-17-15(8-13)21(28)26-20(25-17)16-9-14(24)4-6-19(16)30-22(29)27-7-1-2-12-10-31-32-11-18(12)27/h3-6,8-9,12,18H,1-2,7,10-11H2,(H,25,26,28)/t12-,18-/m1/s1. The highest BCUT2D eigenvalue weighted by molar-refractivity contribution is 8.76. The second kappa shape index (κ2) is 9.17. The summed E-state index contributed by atoms with van der Waals surface area (Å²) in [5, 5.41) is 1.28. The highest BCUT2D eigenvalue weighted by atomic mass is 35.5. The van der Waals surface area contributed by atoms with Crippen molar-refractivity contribution >= 4 is 61.8 Å². The molecule has 2 aliphatic rings. The van der Waals surface area contributed by atoms with Gasteiger partial charge in [0.1, 0.15) is 11.6 Å². The molecule has 0 bridgehead atoms. The molecule has 0 aliphatic carbocycles. The first-order valence-electron chi connectivity index (χ1n) is 10.2. The van der Waals surface area contributed by atoms with Crippen LogP contribution in [0.1, 0.15) is 12.8 Å². The van der Waals surface area contributed by atoms with E-state index in [2.05, 4.69) is 9.97 Å². The van der Waals surface area contributed by atoms with Crippen LogP contribution in [0.15, 0.2) is 41.2 Å². The van der Waals surface area contributed by atoms with E-state index < -0.39 is 0 Å². The van der Waals surface area contributed by atoms with Crippen LogP contribution in [0.2, 0.25) is 10.0 Å². The second-order valence-corrected chi connectivity index (χ2v) is 11.2. The average molecular weight is 508 g/mol. The molecule has 2 saturated heterocycles. The van der Waals surface area contributed by atoms with Gasteiger partial charge in [-0.05, 0) is 55.2 Å². The van der Waals surface area contributed by atoms with Crippen molar-refractivity contribution in [1.82, 2.24) is 14.9 Å². The van der Waals surface area contributed by atoms with E-state index in [0.29, 0.717) is 44.7 Å². The van der Waals surface area contributed by atoms with Gasteiger partial charge < -0.3 is 14.6 Å². The van der Waals surface area contributed by atoms with Gasteiger partial charge in [0.15, 0.2) is 0 Å². The van der Waals surface area contributed by atoms with Crippen molar-refractivity contribution in [3.8, 4) is 17.1 Å². The molecule has 0 radical (unpaired) electrons. The number of nitrogens with zero attached hydrogens (tertiary/aromatic N) is 2. The van der Waals surface area contributed by atoms with Gasteiger partial charge in [-0.1, -0.05) is 44.8 Å². The molecule has 1 amide bonds. The van der Waals surface area contributed by atoms with Gasteiger partial charge in [-0.15, -0.1) is 0 Å². The number of ether oxygens (including phenoxy) is 1. The van der Waals surface area contributed by atoms with Crippen molar-refractivity contribution in [2.45, 2.75) is 18.9 Å². The summed E-state index contributed by atoms with van der Waals surface area (Å²) in [5.41, 5.74) is 0.600. The molecule has 10 heteroatoms. The van der Waals surface area contributed by atoms with E-state index in [1.54, 1.807) is 47.2 Å². The summed E-state index contributed by atoms with van der Waals surface area (Å²) in [5.74, 6) is 3.03. The zero-order chi connectivity index (χ0) is 22.2. The number of hydrogen-bond acceptors (Lipinski definition) is 6. The first-order valence-corrected chi connectivity index (χ1v) is 13.5. The Bertz CT molecular complexity index is 1250. The third-order valence-corrected chi connectivity index (χ3v) is 8.81. The van der Waals surface area contributed by atoms with Crippen LogP contribution >= 0.6 is 44.8 Å². The van der Waals surface area contributed by atoms with Crippen LogP contribution in [0.3, 0.4) is 0 Å². The third kappa shape index (κ3) is 4.33. The van der Waals surface area contributed by atoms with E-state index in [0.717, 1.165) is 24.3 Å². The third-order valence-electron chi connectivity index (χ3n) is 5.82. The smallest absolute Gasteiger partial charge is 0.409 e. The number of aromatic amines is 1. The van der Waals surface area contributed by atoms with Gasteiger partial charge in [0.25, 0.3) is 5.56 Å². The number of hydrogen-bond donors (Lipinski definition) is 1. The normalized spacial score (nSPS) is 20.8. The topological polar surface area (TPSA) is 75.3 Å². The van der Waals surface area contributed by atoms with Crippen LogP contribution in [-0.4, -0.2) is 45.1 Å². The van der Waals surface area contributed by atoms with Crippen LogP contribution in [0.5, 0.6) is 5.75 Å². The molecule has 2 aromatic carbocycles. The highest BCUT2D eigenvalue weighted by Crippen LogP contribution is 2.40. The molecule has 2 fully saturated rings. The molecule has 3 aromatic rings. The number of halogens is 2. The van der Waals surface area contributed by atoms with Gasteiger partial charge in [-0.2, -0.15) is 0 Å². The van der Waals surface area contributed by atoms with Gasteiger partial charge in [0, 0.05) is 34.1 Å². The minimum atomic E-state index is -0.384. The number of nitrogens with one attached hydrogen (secondary N) is 1. The maximum absolute atomic E-state index is 13.2. The summed E-state index contributed by atoms with van der Waals surface area (Å²) in [4.78, 5) is 35.0. The van der Waals surface area contributed by atoms with E-state index in [9.17, 15) is 9.59 Å². The number of amides is 1. The molecule has 0 unspecified atom stereocenters. The minimum Gasteiger partial charge on any atom is -0.409 e. The lowest BCUT2D eigenvalue weighted by molar-refractivity contribution is 0.0990. The molecule has 32 heavy (non-hydrogen) atoms. The highest BCUT2D eigenvalue weighted by Gasteiger charge is 2.37. The quantitative estimate of drug-likeness (QED) is 0.437. The van der Waals surface area contributed by atoms with Gasteiger partial charge in [-0.25, -0.2) is 9.78 Å². The van der Waals surface area contributed by atoms with Gasteiger partial charge in [-0.3, -0.25) is 4.79 Å². The van der Waals surface area contributed by atoms with E-state index in [4.69, 9.17) is 27.9 Å². The number of piperidine rings is 1. The Morgan fingerprint density at radius 3 is 2.78 bits per heavy atom. The van der Waals surface area contributed by atoms with Crippen LogP contribution in [-0.2, 0) is 0 Å². The van der Waals surface area contributed by atoms with Crippen LogP contribution in [0, 0.1) is 5.92 Å². The molecule has 2 atom stereocenters. The van der Waals surface area contributed by atoms with E-state index in [1.165, 1.54) is 0 Å². The Morgan fingerprint density at radius 1 is 1.12 bits per heavy atom. The fraction of sp³-hybridized carbons (Fsp3) is 0.318. The zero-order valence-corrected chi connectivity index (χ0v) is 20.0. The van der Waals surface area contributed by atoms with Crippen molar-refractivity contribution in [3.05, 3.63) is 56.8 Å². The first-order chi connectivity index (χ1) is 15.5. The number of aromatic nitrogens is 2. The lowest BCUT2D eigenvalue weighted by Crippen LogP contribution is -2.52. The minimum absolute atomic E-state index is 0.182. The summed E-state index contributed by atoms with van der Waals surface area (Å²) in [7, 11) is 3.68. The summed E-state index contributed by atoms with van der Waals surface area (Å²) in [6.07, 6.45) is 1.73. The van der Waals surface area contributed by atoms with Gasteiger partial charge in [0.05, 0.1) is 16.5 Å². The van der Waals surface area contributed by atoms with Crippen molar-refractivity contribution in [2.75, 3.05) is 18.1 Å². The monoisotopic (exact) mass is 507 g/mol. The fourth-order valence-corrected chi connectivity index (χ4v) is 7.42. The Balaban J connectivity index is 1.49. The molecule has 0 spiro atoms. The predicted octanol–water partition coefficient (Wildman–Crippen LogP) is 5.87. The lowest BCUT2D eigenvalue weighted by atomic mass is 9.92. The van der Waals surface area contributed by atoms with Gasteiger partial charge in [0.2, 0.25) is 0 Å². The van der Waals surface area contributed by atoms with E-state index in [1.807, 2.05) is 15.7 Å². The molecule has 0 saturated carbocycles. The number of carbonyl (C=O) groups is 1. The maximum atomic E-state index is 13.2. The Labute approximate surface area is 202 Å². The molecule has 1 aromatic heterocycles. The van der Waals surface area contributed by atoms with Crippen molar-refractivity contribution in [1.29, 1.82) is 0 Å². The van der Waals surface area contributed by atoms with Crippen LogP contribution in [0.25, 0.3) is 22.3 Å². The van der Waals surface area contributed by atoms with Gasteiger partial charge >= 0.3 is 6.09 Å². The Hall–Kier alpha value is -1.87. The molecular formula is C22H19Cl2N3O3S2. The molecule has 2 aliphatic heterocycles. The molecular weight excluding hydrogens is 489 g/mol. The fourth-order valence-electron chi connectivity index (χ4n) is 4.20. The predicted molar refractivity (Wildman–Crippen MR) is 132 cm³/mol. The van der Waals surface area contributed by atoms with Crippen molar-refractivity contribution in [3.63, 3.8) is 0 Å².